The van der Waals surface area contributed by atoms with Crippen molar-refractivity contribution in [2.45, 2.75) is 39.0 Å². The van der Waals surface area contributed by atoms with Crippen LogP contribution in [-0.2, 0) is 4.84 Å². The predicted molar refractivity (Wildman–Crippen MR) is 44.9 cm³/mol. The Morgan fingerprint density at radius 3 is 2.14 bits per heavy atom. The van der Waals surface area contributed by atoms with Crippen LogP contribution in [0.3, 0.4) is 0 Å². The van der Waals surface area contributed by atoms with Crippen LogP contribution in [0.15, 0.2) is 5.16 Å². The average Bonchev–Trinajstić information content (AvgIpc) is 2.56. The van der Waals surface area contributed by atoms with Crippen LogP contribution in [0, 0.1) is 0 Å². The molecule has 1 rings (SSSR count). The molecule has 0 aromatic rings. The fourth-order valence-electron chi connectivity index (χ4n) is 0.473. The third-order valence-electron chi connectivity index (χ3n) is 1.50. The Morgan fingerprint density at radius 2 is 2.00 bits per heavy atom. The van der Waals surface area contributed by atoms with E-state index < -0.39 is 12.3 Å². The van der Waals surface area contributed by atoms with Gasteiger partial charge in [0.2, 0.25) is 5.92 Å². The maximum Gasteiger partial charge on any atom is 0.279 e. The monoisotopic (exact) mass is 215 g/mol. The number of rotatable bonds is 2. The van der Waals surface area contributed by atoms with Gasteiger partial charge in [-0.2, -0.15) is 0 Å². The SMILES string of the molecule is CCC(C)(F)F.FC(F)C1=NOCC1. The van der Waals surface area contributed by atoms with E-state index >= 15 is 0 Å². The lowest BCUT2D eigenvalue weighted by Gasteiger charge is -2.02. The molecule has 0 bridgehead atoms. The van der Waals surface area contributed by atoms with Gasteiger partial charge in [0.1, 0.15) is 12.3 Å². The molecule has 0 saturated heterocycles. The molecule has 2 nitrogen and oxygen atoms in total. The predicted octanol–water partition coefficient (Wildman–Crippen LogP) is 3.08. The molecule has 0 aromatic heterocycles. The van der Waals surface area contributed by atoms with Gasteiger partial charge in [-0.05, 0) is 6.92 Å². The molecule has 0 radical (unpaired) electrons. The number of halogens is 4. The van der Waals surface area contributed by atoms with Gasteiger partial charge in [-0.25, -0.2) is 17.6 Å². The first kappa shape index (κ1) is 13.2. The Hall–Kier alpha value is -0.810. The van der Waals surface area contributed by atoms with E-state index in [0.29, 0.717) is 6.61 Å². The zero-order chi connectivity index (χ0) is 11.2. The summed E-state index contributed by atoms with van der Waals surface area (Å²) in [4.78, 5) is 4.33. The minimum absolute atomic E-state index is 0.0625. The van der Waals surface area contributed by atoms with Crippen molar-refractivity contribution in [1.82, 2.24) is 0 Å². The lowest BCUT2D eigenvalue weighted by atomic mass is 10.3. The van der Waals surface area contributed by atoms with Crippen LogP contribution in [0.2, 0.25) is 0 Å². The summed E-state index contributed by atoms with van der Waals surface area (Å²) >= 11 is 0. The van der Waals surface area contributed by atoms with Gasteiger partial charge in [0.05, 0.1) is 0 Å². The molecular formula is C8H13F4NO. The summed E-state index contributed by atoms with van der Waals surface area (Å²) in [5.74, 6) is -2.46. The van der Waals surface area contributed by atoms with Crippen molar-refractivity contribution in [3.63, 3.8) is 0 Å². The molecule has 6 heteroatoms. The summed E-state index contributed by atoms with van der Waals surface area (Å²) < 4.78 is 46.0. The molecule has 1 heterocycles. The Labute approximate surface area is 79.9 Å². The van der Waals surface area contributed by atoms with E-state index in [9.17, 15) is 17.6 Å². The number of nitrogens with zero attached hydrogens (tertiary/aromatic N) is 1. The minimum atomic E-state index is -2.46. The molecule has 1 aliphatic rings. The van der Waals surface area contributed by atoms with Crippen molar-refractivity contribution < 1.29 is 22.4 Å². The van der Waals surface area contributed by atoms with Crippen LogP contribution in [-0.4, -0.2) is 24.7 Å². The van der Waals surface area contributed by atoms with Crippen molar-refractivity contribution in [3.8, 4) is 0 Å². The Balaban J connectivity index is 0.000000255. The van der Waals surface area contributed by atoms with Gasteiger partial charge in [0.25, 0.3) is 6.43 Å². The van der Waals surface area contributed by atoms with Gasteiger partial charge in [-0.3, -0.25) is 0 Å². The van der Waals surface area contributed by atoms with Crippen molar-refractivity contribution in [3.05, 3.63) is 0 Å². The fourth-order valence-corrected chi connectivity index (χ4v) is 0.473. The summed E-state index contributed by atoms with van der Waals surface area (Å²) in [6, 6.07) is 0. The average molecular weight is 215 g/mol. The molecule has 0 aromatic carbocycles. The third kappa shape index (κ3) is 6.68. The number of hydrogen-bond donors (Lipinski definition) is 0. The number of oxime groups is 1. The van der Waals surface area contributed by atoms with Crippen LogP contribution in [0.25, 0.3) is 0 Å². The van der Waals surface area contributed by atoms with Crippen LogP contribution in [0.4, 0.5) is 17.6 Å². The molecule has 84 valence electrons. The normalized spacial score (nSPS) is 15.8. The maximum absolute atomic E-state index is 11.5. The van der Waals surface area contributed by atoms with Crippen molar-refractivity contribution in [1.29, 1.82) is 0 Å². The summed E-state index contributed by atoms with van der Waals surface area (Å²) in [6.45, 7) is 2.67. The molecule has 0 aliphatic carbocycles. The van der Waals surface area contributed by atoms with Gasteiger partial charge in [-0.1, -0.05) is 12.1 Å². The first-order valence-electron chi connectivity index (χ1n) is 4.21. The number of hydrogen-bond acceptors (Lipinski definition) is 2. The lowest BCUT2D eigenvalue weighted by Crippen LogP contribution is -2.06. The molecular weight excluding hydrogens is 202 g/mol. The highest BCUT2D eigenvalue weighted by atomic mass is 19.3. The Morgan fingerprint density at radius 1 is 1.50 bits per heavy atom. The van der Waals surface area contributed by atoms with E-state index in [0.717, 1.165) is 6.92 Å². The first-order valence-corrected chi connectivity index (χ1v) is 4.21. The van der Waals surface area contributed by atoms with E-state index in [4.69, 9.17) is 0 Å². The van der Waals surface area contributed by atoms with Crippen LogP contribution >= 0.6 is 0 Å². The molecule has 0 fully saturated rings. The fraction of sp³-hybridized carbons (Fsp3) is 0.875. The molecule has 0 amide bonds. The standard InChI is InChI=1S/C4H5F2NO.C4H8F2/c5-4(6)3-1-2-8-7-3;1-3-4(2,5)6/h4H,1-2H2;3H2,1-2H3. The first-order chi connectivity index (χ1) is 6.37. The smallest absolute Gasteiger partial charge is 0.279 e. The van der Waals surface area contributed by atoms with Gasteiger partial charge < -0.3 is 4.84 Å². The molecule has 0 saturated carbocycles. The second-order valence-corrected chi connectivity index (χ2v) is 2.89. The summed E-state index contributed by atoms with van der Waals surface area (Å²) in [5, 5.41) is 3.10. The summed E-state index contributed by atoms with van der Waals surface area (Å²) in [7, 11) is 0. The van der Waals surface area contributed by atoms with Gasteiger partial charge in [0, 0.05) is 12.8 Å². The van der Waals surface area contributed by atoms with Crippen molar-refractivity contribution in [2.75, 3.05) is 6.61 Å². The maximum atomic E-state index is 11.5. The van der Waals surface area contributed by atoms with Gasteiger partial charge >= 0.3 is 0 Å². The molecule has 0 N–H and O–H groups in total. The molecule has 0 atom stereocenters. The molecule has 0 unspecified atom stereocenters. The Kier molecular flexibility index (Phi) is 5.49. The lowest BCUT2D eigenvalue weighted by molar-refractivity contribution is 0.0181. The van der Waals surface area contributed by atoms with Crippen molar-refractivity contribution >= 4 is 5.71 Å². The van der Waals surface area contributed by atoms with E-state index in [2.05, 4.69) is 9.99 Å². The van der Waals surface area contributed by atoms with Crippen molar-refractivity contribution in [2.24, 2.45) is 5.16 Å². The minimum Gasteiger partial charge on any atom is -0.395 e. The second kappa shape index (κ2) is 5.82. The molecule has 0 spiro atoms. The van der Waals surface area contributed by atoms with E-state index in [1.807, 2.05) is 0 Å². The summed E-state index contributed by atoms with van der Waals surface area (Å²) in [5.41, 5.74) is -0.134. The van der Waals surface area contributed by atoms with Crippen LogP contribution in [0.5, 0.6) is 0 Å². The highest BCUT2D eigenvalue weighted by Crippen LogP contribution is 2.14. The van der Waals surface area contributed by atoms with Crippen LogP contribution < -0.4 is 0 Å². The zero-order valence-electron chi connectivity index (χ0n) is 8.07. The molecule has 1 aliphatic heterocycles. The highest BCUT2D eigenvalue weighted by Gasteiger charge is 2.17. The quantitative estimate of drug-likeness (QED) is 0.648. The topological polar surface area (TPSA) is 21.6 Å². The third-order valence-corrected chi connectivity index (χ3v) is 1.50. The second-order valence-electron chi connectivity index (χ2n) is 2.89. The van der Waals surface area contributed by atoms with Gasteiger partial charge in [-0.15, -0.1) is 0 Å². The van der Waals surface area contributed by atoms with E-state index in [1.165, 1.54) is 6.92 Å². The molecule has 14 heavy (non-hydrogen) atoms. The highest BCUT2D eigenvalue weighted by molar-refractivity contribution is 5.87. The Bertz CT molecular complexity index is 188. The van der Waals surface area contributed by atoms with E-state index in [1.54, 1.807) is 0 Å². The van der Waals surface area contributed by atoms with Gasteiger partial charge in [0.15, 0.2) is 0 Å². The van der Waals surface area contributed by atoms with Crippen LogP contribution in [0.1, 0.15) is 26.7 Å². The van der Waals surface area contributed by atoms with E-state index in [-0.39, 0.29) is 18.6 Å². The number of alkyl halides is 4. The summed E-state index contributed by atoms with van der Waals surface area (Å²) in [6.07, 6.45) is -2.22. The zero-order valence-corrected chi connectivity index (χ0v) is 8.07. The largest absolute Gasteiger partial charge is 0.395 e.